The van der Waals surface area contributed by atoms with Crippen molar-refractivity contribution in [3.05, 3.63) is 58.6 Å². The van der Waals surface area contributed by atoms with Gasteiger partial charge >= 0.3 is 0 Å². The van der Waals surface area contributed by atoms with Gasteiger partial charge in [-0.25, -0.2) is 4.98 Å². The fourth-order valence-electron chi connectivity index (χ4n) is 2.22. The first-order chi connectivity index (χ1) is 11.2. The van der Waals surface area contributed by atoms with E-state index in [4.69, 9.17) is 11.6 Å². The van der Waals surface area contributed by atoms with Gasteiger partial charge in [-0.2, -0.15) is 4.80 Å². The number of thiazole rings is 1. The molecule has 0 saturated heterocycles. The zero-order valence-corrected chi connectivity index (χ0v) is 13.8. The van der Waals surface area contributed by atoms with E-state index < -0.39 is 0 Å². The van der Waals surface area contributed by atoms with Crippen LogP contribution in [0.25, 0.3) is 16.7 Å². The minimum absolute atomic E-state index is 0.690. The normalized spacial score (nSPS) is 11.0. The van der Waals surface area contributed by atoms with Crippen LogP contribution in [0.3, 0.4) is 0 Å². The number of nitrogens with zero attached hydrogens (tertiary/aromatic N) is 4. The van der Waals surface area contributed by atoms with Crippen LogP contribution in [0.1, 0.15) is 5.69 Å². The molecule has 0 atom stereocenters. The summed E-state index contributed by atoms with van der Waals surface area (Å²) in [6.45, 7) is 1.97. The highest BCUT2D eigenvalue weighted by atomic mass is 35.5. The van der Waals surface area contributed by atoms with Crippen LogP contribution in [0.5, 0.6) is 0 Å². The number of rotatable bonds is 3. The topological polar surface area (TPSA) is 55.6 Å². The maximum atomic E-state index is 5.91. The summed E-state index contributed by atoms with van der Waals surface area (Å²) in [7, 11) is 0. The molecule has 5 nitrogen and oxygen atoms in total. The molecular weight excluding hydrogens is 330 g/mol. The molecule has 2 aromatic carbocycles. The van der Waals surface area contributed by atoms with Crippen molar-refractivity contribution in [2.24, 2.45) is 0 Å². The monoisotopic (exact) mass is 341 g/mol. The average Bonchev–Trinajstić information content (AvgIpc) is 3.14. The van der Waals surface area contributed by atoms with Gasteiger partial charge in [-0.05, 0) is 49.4 Å². The maximum absolute atomic E-state index is 5.91. The molecule has 7 heteroatoms. The van der Waals surface area contributed by atoms with Crippen molar-refractivity contribution in [3.63, 3.8) is 0 Å². The number of aryl methyl sites for hydroxylation is 1. The highest BCUT2D eigenvalue weighted by Crippen LogP contribution is 2.23. The van der Waals surface area contributed by atoms with Crippen LogP contribution in [0.2, 0.25) is 5.02 Å². The first kappa shape index (κ1) is 14.2. The molecule has 0 fully saturated rings. The second kappa shape index (κ2) is 5.64. The van der Waals surface area contributed by atoms with Crippen molar-refractivity contribution < 1.29 is 0 Å². The summed E-state index contributed by atoms with van der Waals surface area (Å²) >= 11 is 7.49. The van der Waals surface area contributed by atoms with Gasteiger partial charge in [0.1, 0.15) is 11.0 Å². The van der Waals surface area contributed by atoms with Gasteiger partial charge in [0.25, 0.3) is 0 Å². The molecule has 0 radical (unpaired) electrons. The molecule has 0 spiro atoms. The van der Waals surface area contributed by atoms with Crippen molar-refractivity contribution >= 4 is 44.8 Å². The summed E-state index contributed by atoms with van der Waals surface area (Å²) < 4.78 is 0. The predicted octanol–water partition coefficient (Wildman–Crippen LogP) is 4.58. The van der Waals surface area contributed by atoms with Crippen LogP contribution >= 0.6 is 22.9 Å². The highest BCUT2D eigenvalue weighted by molar-refractivity contribution is 7.13. The lowest BCUT2D eigenvalue weighted by molar-refractivity contribution is 0.766. The van der Waals surface area contributed by atoms with Gasteiger partial charge in [-0.3, -0.25) is 0 Å². The molecule has 2 aromatic heterocycles. The fourth-order valence-corrected chi connectivity index (χ4v) is 3.05. The van der Waals surface area contributed by atoms with E-state index in [-0.39, 0.29) is 0 Å². The molecule has 0 bridgehead atoms. The second-order valence-corrected chi connectivity index (χ2v) is 6.38. The lowest BCUT2D eigenvalue weighted by Crippen LogP contribution is -1.97. The summed E-state index contributed by atoms with van der Waals surface area (Å²) in [6, 6.07) is 13.3. The first-order valence-corrected chi connectivity index (χ1v) is 8.25. The molecule has 0 aliphatic heterocycles. The van der Waals surface area contributed by atoms with Crippen molar-refractivity contribution in [2.45, 2.75) is 6.92 Å². The third-order valence-corrected chi connectivity index (χ3v) is 4.44. The van der Waals surface area contributed by atoms with Crippen LogP contribution < -0.4 is 5.32 Å². The van der Waals surface area contributed by atoms with Gasteiger partial charge in [0.15, 0.2) is 5.13 Å². The number of hydrogen-bond acceptors (Lipinski definition) is 5. The quantitative estimate of drug-likeness (QED) is 0.592. The molecule has 1 N–H and O–H groups in total. The van der Waals surface area contributed by atoms with Gasteiger partial charge in [-0.15, -0.1) is 21.5 Å². The van der Waals surface area contributed by atoms with Gasteiger partial charge < -0.3 is 5.32 Å². The minimum atomic E-state index is 0.690. The zero-order chi connectivity index (χ0) is 15.8. The smallest absolute Gasteiger partial charge is 0.187 e. The Kier molecular flexibility index (Phi) is 3.48. The number of hydrogen-bond donors (Lipinski definition) is 1. The molecule has 0 saturated carbocycles. The van der Waals surface area contributed by atoms with E-state index in [1.807, 2.05) is 54.8 Å². The molecule has 0 aliphatic carbocycles. The number of anilines is 2. The largest absolute Gasteiger partial charge is 0.331 e. The maximum Gasteiger partial charge on any atom is 0.187 e. The highest BCUT2D eigenvalue weighted by Gasteiger charge is 2.07. The van der Waals surface area contributed by atoms with Crippen LogP contribution in [-0.2, 0) is 0 Å². The zero-order valence-electron chi connectivity index (χ0n) is 12.2. The van der Waals surface area contributed by atoms with Gasteiger partial charge in [-0.1, -0.05) is 11.6 Å². The molecular formula is C16H12ClN5S. The van der Waals surface area contributed by atoms with E-state index >= 15 is 0 Å². The predicted molar refractivity (Wildman–Crippen MR) is 94.0 cm³/mol. The Morgan fingerprint density at radius 2 is 1.83 bits per heavy atom. The van der Waals surface area contributed by atoms with Crippen LogP contribution in [-0.4, -0.2) is 20.0 Å². The average molecular weight is 342 g/mol. The Labute approximate surface area is 141 Å². The van der Waals surface area contributed by atoms with E-state index in [1.165, 1.54) is 0 Å². The lowest BCUT2D eigenvalue weighted by atomic mass is 10.3. The molecule has 114 valence electrons. The third kappa shape index (κ3) is 2.91. The Balaban J connectivity index is 1.67. The summed E-state index contributed by atoms with van der Waals surface area (Å²) in [5, 5.41) is 15.9. The Hall–Kier alpha value is -2.44. The molecule has 0 amide bonds. The standard InChI is InChI=1S/C16H12ClN5S/c1-10-9-23-16(18-10)19-12-4-7-14-15(8-12)21-22(20-14)13-5-2-11(17)3-6-13/h2-9H,1H3,(H,18,19). The number of fused-ring (bicyclic) bond motifs is 1. The number of halogens is 1. The van der Waals surface area contributed by atoms with Crippen LogP contribution in [0.15, 0.2) is 47.8 Å². The summed E-state index contributed by atoms with van der Waals surface area (Å²) in [4.78, 5) is 6.01. The fraction of sp³-hybridized carbons (Fsp3) is 0.0625. The van der Waals surface area contributed by atoms with Crippen LogP contribution in [0, 0.1) is 6.92 Å². The number of aromatic nitrogens is 4. The molecule has 2 heterocycles. The van der Waals surface area contributed by atoms with E-state index in [1.54, 1.807) is 16.1 Å². The van der Waals surface area contributed by atoms with Gasteiger partial charge in [0.2, 0.25) is 0 Å². The number of nitrogens with one attached hydrogen (secondary N) is 1. The van der Waals surface area contributed by atoms with Crippen molar-refractivity contribution in [2.75, 3.05) is 5.32 Å². The van der Waals surface area contributed by atoms with Gasteiger partial charge in [0, 0.05) is 16.1 Å². The Bertz CT molecular complexity index is 974. The van der Waals surface area contributed by atoms with Crippen LogP contribution in [0.4, 0.5) is 10.8 Å². The third-order valence-electron chi connectivity index (χ3n) is 3.31. The minimum Gasteiger partial charge on any atom is -0.331 e. The van der Waals surface area contributed by atoms with Gasteiger partial charge in [0.05, 0.1) is 11.4 Å². The van der Waals surface area contributed by atoms with Crippen molar-refractivity contribution in [3.8, 4) is 5.69 Å². The lowest BCUT2D eigenvalue weighted by Gasteiger charge is -2.00. The second-order valence-electron chi connectivity index (χ2n) is 5.09. The molecule has 4 aromatic rings. The summed E-state index contributed by atoms with van der Waals surface area (Å²) in [5.41, 5.74) is 4.47. The number of benzene rings is 2. The Morgan fingerprint density at radius 1 is 1.04 bits per heavy atom. The van der Waals surface area contributed by atoms with Crippen molar-refractivity contribution in [1.29, 1.82) is 0 Å². The van der Waals surface area contributed by atoms with E-state index in [9.17, 15) is 0 Å². The van der Waals surface area contributed by atoms with Crippen molar-refractivity contribution in [1.82, 2.24) is 20.0 Å². The molecule has 0 aliphatic rings. The Morgan fingerprint density at radius 3 is 2.57 bits per heavy atom. The summed E-state index contributed by atoms with van der Waals surface area (Å²) in [6.07, 6.45) is 0. The molecule has 0 unspecified atom stereocenters. The SMILES string of the molecule is Cc1csc(Nc2ccc3nn(-c4ccc(Cl)cc4)nc3c2)n1. The molecule has 4 rings (SSSR count). The first-order valence-electron chi connectivity index (χ1n) is 6.99. The summed E-state index contributed by atoms with van der Waals surface area (Å²) in [5.74, 6) is 0. The molecule has 23 heavy (non-hydrogen) atoms. The van der Waals surface area contributed by atoms with E-state index in [2.05, 4.69) is 20.5 Å². The van der Waals surface area contributed by atoms with E-state index in [0.717, 1.165) is 33.2 Å². The van der Waals surface area contributed by atoms with E-state index in [0.29, 0.717) is 5.02 Å².